The van der Waals surface area contributed by atoms with Gasteiger partial charge in [-0.1, -0.05) is 6.07 Å². The van der Waals surface area contributed by atoms with Crippen LogP contribution < -0.4 is 21.9 Å². The van der Waals surface area contributed by atoms with Crippen LogP contribution in [0.2, 0.25) is 0 Å². The molecule has 6 heteroatoms. The lowest BCUT2D eigenvalue weighted by atomic mass is 10.2. The van der Waals surface area contributed by atoms with Crippen molar-refractivity contribution in [2.45, 2.75) is 6.42 Å². The van der Waals surface area contributed by atoms with Crippen LogP contribution in [0.1, 0.15) is 5.56 Å². The third-order valence-electron chi connectivity index (χ3n) is 2.75. The predicted molar refractivity (Wildman–Crippen MR) is 71.7 cm³/mol. The normalized spacial score (nSPS) is 10.6. The maximum absolute atomic E-state index is 6.04. The fraction of sp³-hybridized carbons (Fsp3) is 0.250. The molecule has 0 bridgehead atoms. The van der Waals surface area contributed by atoms with Crippen LogP contribution in [0.4, 0.5) is 11.6 Å². The van der Waals surface area contributed by atoms with Crippen molar-refractivity contribution in [2.24, 2.45) is 5.73 Å². The van der Waals surface area contributed by atoms with Crippen LogP contribution in [-0.2, 0) is 6.42 Å². The van der Waals surface area contributed by atoms with Crippen LogP contribution in [0.15, 0.2) is 24.3 Å². The van der Waals surface area contributed by atoms with Gasteiger partial charge < -0.3 is 21.9 Å². The first kappa shape index (κ1) is 12.3. The lowest BCUT2D eigenvalue weighted by molar-refractivity contribution is 0.414. The van der Waals surface area contributed by atoms with Gasteiger partial charge >= 0.3 is 0 Å². The number of ether oxygens (including phenoxy) is 1. The fourth-order valence-corrected chi connectivity index (χ4v) is 1.82. The van der Waals surface area contributed by atoms with Gasteiger partial charge in [-0.3, -0.25) is 0 Å². The van der Waals surface area contributed by atoms with E-state index in [0.717, 1.165) is 17.0 Å². The van der Waals surface area contributed by atoms with E-state index in [1.54, 1.807) is 11.8 Å². The molecule has 6 nitrogen and oxygen atoms in total. The molecule has 1 heterocycles. The summed E-state index contributed by atoms with van der Waals surface area (Å²) in [7, 11) is 1.61. The number of nitrogens with two attached hydrogens (primary N) is 3. The summed E-state index contributed by atoms with van der Waals surface area (Å²) in [5.74, 6) is 1.67. The van der Waals surface area contributed by atoms with Crippen LogP contribution in [0.5, 0.6) is 5.75 Å². The minimum Gasteiger partial charge on any atom is -0.497 e. The summed E-state index contributed by atoms with van der Waals surface area (Å²) >= 11 is 0. The van der Waals surface area contributed by atoms with Gasteiger partial charge in [0.15, 0.2) is 5.82 Å². The van der Waals surface area contributed by atoms with E-state index in [2.05, 4.69) is 5.10 Å². The van der Waals surface area contributed by atoms with Crippen LogP contribution in [0.3, 0.4) is 0 Å². The van der Waals surface area contributed by atoms with Crippen molar-refractivity contribution in [2.75, 3.05) is 25.1 Å². The molecule has 0 fully saturated rings. The van der Waals surface area contributed by atoms with E-state index in [-0.39, 0.29) is 0 Å². The standard InChI is InChI=1S/C12H17N5O/c1-18-9-4-2-3-8(7-9)17-12(15)10(5-6-13)11(14)16-17/h2-4,7H,5-6,13,15H2,1H3,(H2,14,16). The largest absolute Gasteiger partial charge is 0.497 e. The predicted octanol–water partition coefficient (Wildman–Crippen LogP) is 0.547. The molecule has 0 aliphatic carbocycles. The maximum Gasteiger partial charge on any atom is 0.151 e. The molecule has 0 spiro atoms. The van der Waals surface area contributed by atoms with E-state index in [0.29, 0.717) is 24.6 Å². The van der Waals surface area contributed by atoms with E-state index in [1.165, 1.54) is 0 Å². The summed E-state index contributed by atoms with van der Waals surface area (Å²) in [5, 5.41) is 4.23. The minimum absolute atomic E-state index is 0.417. The third-order valence-corrected chi connectivity index (χ3v) is 2.75. The molecule has 6 N–H and O–H groups in total. The molecule has 96 valence electrons. The van der Waals surface area contributed by atoms with Crippen molar-refractivity contribution in [1.29, 1.82) is 0 Å². The lowest BCUT2D eigenvalue weighted by Crippen LogP contribution is -2.07. The van der Waals surface area contributed by atoms with Gasteiger partial charge in [0.1, 0.15) is 11.6 Å². The summed E-state index contributed by atoms with van der Waals surface area (Å²) in [4.78, 5) is 0. The van der Waals surface area contributed by atoms with Gasteiger partial charge in [0.25, 0.3) is 0 Å². The fourth-order valence-electron chi connectivity index (χ4n) is 1.82. The monoisotopic (exact) mass is 247 g/mol. The molecule has 0 aliphatic heterocycles. The van der Waals surface area contributed by atoms with Gasteiger partial charge in [-0.25, -0.2) is 4.68 Å². The molecule has 2 rings (SSSR count). The number of rotatable bonds is 4. The average Bonchev–Trinajstić information content (AvgIpc) is 2.67. The zero-order valence-corrected chi connectivity index (χ0v) is 10.3. The molecule has 0 unspecified atom stereocenters. The second-order valence-corrected chi connectivity index (χ2v) is 3.90. The van der Waals surface area contributed by atoms with Crippen LogP contribution in [-0.4, -0.2) is 23.4 Å². The van der Waals surface area contributed by atoms with Crippen molar-refractivity contribution in [3.63, 3.8) is 0 Å². The molecule has 1 aromatic heterocycles. The number of anilines is 2. The van der Waals surface area contributed by atoms with Crippen LogP contribution in [0, 0.1) is 0 Å². The van der Waals surface area contributed by atoms with Crippen molar-refractivity contribution >= 4 is 11.6 Å². The Morgan fingerprint density at radius 2 is 2.11 bits per heavy atom. The smallest absolute Gasteiger partial charge is 0.151 e. The van der Waals surface area contributed by atoms with Crippen LogP contribution in [0.25, 0.3) is 5.69 Å². The topological polar surface area (TPSA) is 105 Å². The quantitative estimate of drug-likeness (QED) is 0.731. The van der Waals surface area contributed by atoms with Crippen molar-refractivity contribution < 1.29 is 4.74 Å². The number of hydrogen-bond donors (Lipinski definition) is 3. The third kappa shape index (κ3) is 2.10. The summed E-state index contributed by atoms with van der Waals surface area (Å²) in [6.45, 7) is 0.484. The molecular formula is C12H17N5O. The first-order chi connectivity index (χ1) is 8.67. The van der Waals surface area contributed by atoms with Crippen molar-refractivity contribution in [3.05, 3.63) is 29.8 Å². The zero-order valence-electron chi connectivity index (χ0n) is 10.3. The Bertz CT molecular complexity index is 549. The second-order valence-electron chi connectivity index (χ2n) is 3.90. The second kappa shape index (κ2) is 4.97. The highest BCUT2D eigenvalue weighted by molar-refractivity contribution is 5.58. The molecule has 1 aromatic carbocycles. The number of benzene rings is 1. The van der Waals surface area contributed by atoms with Gasteiger partial charge in [-0.05, 0) is 25.1 Å². The highest BCUT2D eigenvalue weighted by Gasteiger charge is 2.13. The molecule has 0 aliphatic rings. The van der Waals surface area contributed by atoms with Gasteiger partial charge in [-0.2, -0.15) is 0 Å². The minimum atomic E-state index is 0.417. The number of methoxy groups -OCH3 is 1. The average molecular weight is 247 g/mol. The molecule has 0 atom stereocenters. The number of nitrogen functional groups attached to an aromatic ring is 2. The molecule has 0 saturated heterocycles. The Kier molecular flexibility index (Phi) is 3.38. The van der Waals surface area contributed by atoms with E-state index in [4.69, 9.17) is 21.9 Å². The highest BCUT2D eigenvalue weighted by Crippen LogP contribution is 2.24. The highest BCUT2D eigenvalue weighted by atomic mass is 16.5. The van der Waals surface area contributed by atoms with Gasteiger partial charge in [0.05, 0.1) is 12.8 Å². The summed E-state index contributed by atoms with van der Waals surface area (Å²) in [6, 6.07) is 7.45. The molecule has 0 radical (unpaired) electrons. The number of hydrogen-bond acceptors (Lipinski definition) is 5. The maximum atomic E-state index is 6.04. The first-order valence-corrected chi connectivity index (χ1v) is 5.64. The van der Waals surface area contributed by atoms with Crippen molar-refractivity contribution in [1.82, 2.24) is 9.78 Å². The summed E-state index contributed by atoms with van der Waals surface area (Å²) < 4.78 is 6.77. The summed E-state index contributed by atoms with van der Waals surface area (Å²) in [5.41, 5.74) is 19.0. The Morgan fingerprint density at radius 1 is 1.33 bits per heavy atom. The molecule has 0 saturated carbocycles. The number of aromatic nitrogens is 2. The van der Waals surface area contributed by atoms with E-state index in [1.807, 2.05) is 24.3 Å². The van der Waals surface area contributed by atoms with E-state index < -0.39 is 0 Å². The van der Waals surface area contributed by atoms with E-state index >= 15 is 0 Å². The molecule has 2 aromatic rings. The van der Waals surface area contributed by atoms with Gasteiger partial charge in [0, 0.05) is 11.6 Å². The molecule has 0 amide bonds. The first-order valence-electron chi connectivity index (χ1n) is 5.64. The SMILES string of the molecule is COc1cccc(-n2nc(N)c(CCN)c2N)c1. The Labute approximate surface area is 105 Å². The van der Waals surface area contributed by atoms with Crippen molar-refractivity contribution in [3.8, 4) is 11.4 Å². The van der Waals surface area contributed by atoms with Crippen LogP contribution >= 0.6 is 0 Å². The Morgan fingerprint density at radius 3 is 2.78 bits per heavy atom. The lowest BCUT2D eigenvalue weighted by Gasteiger charge is -2.06. The van der Waals surface area contributed by atoms with Gasteiger partial charge in [0.2, 0.25) is 0 Å². The Balaban J connectivity index is 2.47. The van der Waals surface area contributed by atoms with Gasteiger partial charge in [-0.15, -0.1) is 5.10 Å². The summed E-state index contributed by atoms with van der Waals surface area (Å²) in [6.07, 6.45) is 0.613. The Hall–Kier alpha value is -2.21. The molecular weight excluding hydrogens is 230 g/mol. The number of nitrogens with zero attached hydrogens (tertiary/aromatic N) is 2. The van der Waals surface area contributed by atoms with E-state index in [9.17, 15) is 0 Å². The zero-order chi connectivity index (χ0) is 13.1. The molecule has 18 heavy (non-hydrogen) atoms.